The van der Waals surface area contributed by atoms with Gasteiger partial charge in [0.05, 0.1) is 13.2 Å². The van der Waals surface area contributed by atoms with Gasteiger partial charge in [-0.1, -0.05) is 12.1 Å². The molecule has 6 nitrogen and oxygen atoms in total. The van der Waals surface area contributed by atoms with Gasteiger partial charge < -0.3 is 14.8 Å². The summed E-state index contributed by atoms with van der Waals surface area (Å²) in [6, 6.07) is 8.16. The maximum Gasteiger partial charge on any atom is 0.416 e. The Morgan fingerprint density at radius 3 is 2.29 bits per heavy atom. The van der Waals surface area contributed by atoms with Crippen LogP contribution in [0, 0.1) is 5.82 Å². The van der Waals surface area contributed by atoms with Gasteiger partial charge in [-0.2, -0.15) is 26.3 Å². The second-order valence-electron chi connectivity index (χ2n) is 9.80. The highest BCUT2D eigenvalue weighted by atomic mass is 32.2. The van der Waals surface area contributed by atoms with Gasteiger partial charge >= 0.3 is 12.4 Å². The maximum atomic E-state index is 15.3. The largest absolute Gasteiger partial charge is 0.494 e. The number of halogens is 7. The van der Waals surface area contributed by atoms with Gasteiger partial charge in [-0.3, -0.25) is 14.3 Å². The fourth-order valence-corrected chi connectivity index (χ4v) is 5.20. The zero-order valence-electron chi connectivity index (χ0n) is 22.3. The van der Waals surface area contributed by atoms with Crippen LogP contribution in [0.15, 0.2) is 48.0 Å². The molecule has 0 bridgehead atoms. The Hall–Kier alpha value is -3.42. The Morgan fingerprint density at radius 1 is 1.05 bits per heavy atom. The molecule has 1 fully saturated rings. The van der Waals surface area contributed by atoms with Crippen molar-refractivity contribution in [2.45, 2.75) is 62.2 Å². The third-order valence-corrected chi connectivity index (χ3v) is 7.75. The fourth-order valence-electron chi connectivity index (χ4n) is 4.45. The summed E-state index contributed by atoms with van der Waals surface area (Å²) in [4.78, 5) is 26.4. The van der Waals surface area contributed by atoms with Crippen LogP contribution in [0.4, 0.5) is 30.7 Å². The molecule has 2 amide bonds. The number of nitrogens with one attached hydrogen (secondary N) is 2. The lowest BCUT2D eigenvalue weighted by molar-refractivity contribution is -0.202. The normalized spacial score (nSPS) is 19.4. The molecule has 1 saturated carbocycles. The van der Waals surface area contributed by atoms with Crippen LogP contribution in [-0.4, -0.2) is 42.6 Å². The lowest BCUT2D eigenvalue weighted by atomic mass is 9.76. The minimum absolute atomic E-state index is 0.133. The number of carbonyl (C=O) groups excluding carboxylic acids is 2. The molecule has 2 aromatic carbocycles. The Kier molecular flexibility index (Phi) is 9.33. The van der Waals surface area contributed by atoms with Gasteiger partial charge in [0.2, 0.25) is 0 Å². The molecule has 1 heterocycles. The summed E-state index contributed by atoms with van der Waals surface area (Å²) < 4.78 is 110. The summed E-state index contributed by atoms with van der Waals surface area (Å²) in [5.41, 5.74) is -4.86. The first kappa shape index (κ1) is 31.5. The molecule has 0 aromatic heterocycles. The number of hydrogen-bond acceptors (Lipinski definition) is 5. The molecule has 2 aliphatic rings. The van der Waals surface area contributed by atoms with E-state index in [-0.39, 0.29) is 22.1 Å². The van der Waals surface area contributed by atoms with E-state index in [0.717, 1.165) is 36.9 Å². The molecule has 228 valence electrons. The summed E-state index contributed by atoms with van der Waals surface area (Å²) in [5.74, 6) is -3.49. The van der Waals surface area contributed by atoms with E-state index in [9.17, 15) is 35.9 Å². The number of rotatable bonds is 11. The van der Waals surface area contributed by atoms with Crippen LogP contribution in [-0.2, 0) is 15.1 Å². The first-order chi connectivity index (χ1) is 19.7. The van der Waals surface area contributed by atoms with Crippen LogP contribution < -0.4 is 19.5 Å². The highest BCUT2D eigenvalue weighted by Gasteiger charge is 2.61. The van der Waals surface area contributed by atoms with Gasteiger partial charge in [-0.15, -0.1) is 0 Å². The highest BCUT2D eigenvalue weighted by molar-refractivity contribution is 7.98. The van der Waals surface area contributed by atoms with Crippen molar-refractivity contribution in [2.75, 3.05) is 13.2 Å². The summed E-state index contributed by atoms with van der Waals surface area (Å²) >= 11 is 1.08. The van der Waals surface area contributed by atoms with E-state index in [0.29, 0.717) is 18.4 Å². The van der Waals surface area contributed by atoms with E-state index >= 15 is 4.39 Å². The van der Waals surface area contributed by atoms with Gasteiger partial charge in [0.1, 0.15) is 22.9 Å². The summed E-state index contributed by atoms with van der Waals surface area (Å²) in [7, 11) is 0. The topological polar surface area (TPSA) is 76.7 Å². The van der Waals surface area contributed by atoms with Crippen molar-refractivity contribution in [1.82, 2.24) is 10.0 Å². The van der Waals surface area contributed by atoms with E-state index in [1.54, 1.807) is 6.92 Å². The molecule has 14 heteroatoms. The van der Waals surface area contributed by atoms with Gasteiger partial charge in [0, 0.05) is 29.7 Å². The molecule has 0 saturated heterocycles. The standard InChI is InChI=1S/C28H27F7N2O4S/c1-2-40-17-6-4-16(5-7-17)20-15-26(28(33,34)35,36-24(38)23(20)25(39)37-42-19-9-10-19)21-11-8-18(14-22(21)29)41-13-3-12-27(30,31)32/h4-8,11,14,19H,2-3,9-10,12-13,15H2,1H3,(H,36,38)(H,37,39)/t26-/m0/s1. The second kappa shape index (κ2) is 12.4. The molecule has 0 spiro atoms. The number of ether oxygens (including phenoxy) is 2. The van der Waals surface area contributed by atoms with Crippen LogP contribution in [0.25, 0.3) is 5.57 Å². The number of alkyl halides is 6. The first-order valence-corrected chi connectivity index (χ1v) is 13.9. The molecule has 1 aliphatic carbocycles. The molecule has 42 heavy (non-hydrogen) atoms. The van der Waals surface area contributed by atoms with E-state index in [1.807, 2.05) is 5.32 Å². The summed E-state index contributed by atoms with van der Waals surface area (Å²) in [5, 5.41) is 2.00. The summed E-state index contributed by atoms with van der Waals surface area (Å²) in [6.45, 7) is 1.63. The van der Waals surface area contributed by atoms with Gasteiger partial charge in [0.25, 0.3) is 11.8 Å². The SMILES string of the molecule is CCOc1ccc(C2=C(C(=O)NSC3CC3)C(=O)N[C@@](c3ccc(OCCCC(F)(F)F)cc3F)(C(F)(F)F)C2)cc1. The van der Waals surface area contributed by atoms with Gasteiger partial charge in [-0.05, 0) is 73.5 Å². The average molecular weight is 621 g/mol. The van der Waals surface area contributed by atoms with Crippen LogP contribution in [0.5, 0.6) is 11.5 Å². The van der Waals surface area contributed by atoms with Crippen molar-refractivity contribution in [3.63, 3.8) is 0 Å². The molecule has 2 N–H and O–H groups in total. The fraction of sp³-hybridized carbons (Fsp3) is 0.429. The van der Waals surface area contributed by atoms with Crippen LogP contribution in [0.3, 0.4) is 0 Å². The van der Waals surface area contributed by atoms with Crippen molar-refractivity contribution < 1.29 is 49.8 Å². The van der Waals surface area contributed by atoms with Gasteiger partial charge in [0.15, 0.2) is 5.54 Å². The molecule has 0 radical (unpaired) electrons. The molecule has 4 rings (SSSR count). The summed E-state index contributed by atoms with van der Waals surface area (Å²) in [6.07, 6.45) is -10.6. The van der Waals surface area contributed by atoms with Crippen molar-refractivity contribution >= 4 is 29.3 Å². The van der Waals surface area contributed by atoms with E-state index in [4.69, 9.17) is 9.47 Å². The van der Waals surface area contributed by atoms with Crippen LogP contribution >= 0.6 is 11.9 Å². The van der Waals surface area contributed by atoms with Crippen molar-refractivity contribution in [3.05, 3.63) is 65.0 Å². The van der Waals surface area contributed by atoms with Crippen LogP contribution in [0.2, 0.25) is 0 Å². The predicted octanol–water partition coefficient (Wildman–Crippen LogP) is 6.60. The van der Waals surface area contributed by atoms with Crippen molar-refractivity contribution in [1.29, 1.82) is 0 Å². The number of amides is 2. The smallest absolute Gasteiger partial charge is 0.416 e. The van der Waals surface area contributed by atoms with E-state index < -0.39 is 72.5 Å². The molecule has 1 aliphatic heterocycles. The number of hydrogen-bond donors (Lipinski definition) is 2. The highest BCUT2D eigenvalue weighted by Crippen LogP contribution is 2.49. The minimum atomic E-state index is -5.24. The quantitative estimate of drug-likeness (QED) is 0.128. The Bertz CT molecular complexity index is 1340. The van der Waals surface area contributed by atoms with E-state index in [1.165, 1.54) is 24.3 Å². The third-order valence-electron chi connectivity index (χ3n) is 6.64. The lowest BCUT2D eigenvalue weighted by Gasteiger charge is -2.41. The molecular formula is C28H27F7N2O4S. The average Bonchev–Trinajstić information content (AvgIpc) is 3.73. The molecule has 2 aromatic rings. The predicted molar refractivity (Wildman–Crippen MR) is 141 cm³/mol. The third kappa shape index (κ3) is 7.31. The zero-order chi connectivity index (χ0) is 30.7. The molecule has 0 unspecified atom stereocenters. The van der Waals surface area contributed by atoms with Crippen molar-refractivity contribution in [3.8, 4) is 11.5 Å². The van der Waals surface area contributed by atoms with Crippen molar-refractivity contribution in [2.24, 2.45) is 0 Å². The Labute approximate surface area is 241 Å². The maximum absolute atomic E-state index is 15.3. The monoisotopic (exact) mass is 620 g/mol. The molecule has 1 atom stereocenters. The molecular weight excluding hydrogens is 593 g/mol. The lowest BCUT2D eigenvalue weighted by Crippen LogP contribution is -2.60. The first-order valence-electron chi connectivity index (χ1n) is 13.1. The Balaban J connectivity index is 1.72. The number of benzene rings is 2. The minimum Gasteiger partial charge on any atom is -0.494 e. The Morgan fingerprint density at radius 2 is 1.71 bits per heavy atom. The second-order valence-corrected chi connectivity index (χ2v) is 10.9. The zero-order valence-corrected chi connectivity index (χ0v) is 23.1. The number of carbonyl (C=O) groups is 2. The van der Waals surface area contributed by atoms with Gasteiger partial charge in [-0.25, -0.2) is 4.39 Å². The van der Waals surface area contributed by atoms with Crippen LogP contribution in [0.1, 0.15) is 50.2 Å². The van der Waals surface area contributed by atoms with E-state index in [2.05, 4.69) is 4.72 Å².